The summed E-state index contributed by atoms with van der Waals surface area (Å²) >= 11 is 0. The van der Waals surface area contributed by atoms with Crippen LogP contribution in [0.4, 0.5) is 5.69 Å². The number of carboxylic acid groups (broad SMARTS) is 1. The van der Waals surface area contributed by atoms with Crippen LogP contribution in [0, 0.1) is 0 Å². The predicted molar refractivity (Wildman–Crippen MR) is 113 cm³/mol. The van der Waals surface area contributed by atoms with Crippen molar-refractivity contribution < 1.29 is 49.0 Å². The molecule has 1 aliphatic rings. The summed E-state index contributed by atoms with van der Waals surface area (Å²) in [5, 5.41) is 22.5. The number of carbonyl (C=O) groups is 2. The van der Waals surface area contributed by atoms with E-state index in [1.165, 1.54) is 12.1 Å². The Morgan fingerprint density at radius 2 is 1.91 bits per heavy atom. The van der Waals surface area contributed by atoms with Gasteiger partial charge in [0.1, 0.15) is 0 Å². The minimum atomic E-state index is -1.23. The fourth-order valence-electron chi connectivity index (χ4n) is 3.67. The van der Waals surface area contributed by atoms with Crippen LogP contribution in [0.2, 0.25) is 0 Å². The molecule has 3 aromatic rings. The summed E-state index contributed by atoms with van der Waals surface area (Å²) in [4.78, 5) is 28.4. The molecule has 1 saturated heterocycles. The van der Waals surface area contributed by atoms with Crippen LogP contribution in [0.3, 0.4) is 0 Å². The number of aromatic nitrogens is 3. The first kappa shape index (κ1) is 24.2. The number of fused-ring (bicyclic) bond motifs is 1. The molecule has 1 fully saturated rings. The average Bonchev–Trinajstić information content (AvgIpc) is 3.22. The molecule has 3 heterocycles. The third-order valence-corrected chi connectivity index (χ3v) is 5.42. The molecule has 0 spiro atoms. The fourth-order valence-corrected chi connectivity index (χ4v) is 3.67. The van der Waals surface area contributed by atoms with Gasteiger partial charge in [0.2, 0.25) is 0 Å². The Kier molecular flexibility index (Phi) is 8.25. The van der Waals surface area contributed by atoms with E-state index in [4.69, 9.17) is 4.74 Å². The summed E-state index contributed by atoms with van der Waals surface area (Å²) in [5.41, 5.74) is 2.78. The number of nitrogens with zero attached hydrogens (tertiary/aromatic N) is 3. The smallest absolute Gasteiger partial charge is 0.545 e. The molecule has 0 unspecified atom stereocenters. The molecule has 0 aliphatic carbocycles. The van der Waals surface area contributed by atoms with Crippen molar-refractivity contribution in [1.82, 2.24) is 20.1 Å². The van der Waals surface area contributed by atoms with Crippen molar-refractivity contribution in [2.24, 2.45) is 0 Å². The second-order valence-corrected chi connectivity index (χ2v) is 7.44. The third kappa shape index (κ3) is 5.29. The monoisotopic (exact) mass is 445 g/mol. The zero-order valence-corrected chi connectivity index (χ0v) is 20.3. The van der Waals surface area contributed by atoms with Gasteiger partial charge in [0.25, 0.3) is 5.91 Å². The van der Waals surface area contributed by atoms with Crippen LogP contribution in [0.1, 0.15) is 46.0 Å². The Labute approximate surface area is 207 Å². The number of aryl methyl sites for hydroxylation is 1. The number of amides is 1. The molecule has 1 aromatic carbocycles. The molecular weight excluding hydrogens is 421 g/mol. The van der Waals surface area contributed by atoms with Gasteiger partial charge in [-0.05, 0) is 30.9 Å². The molecule has 0 bridgehead atoms. The maximum Gasteiger partial charge on any atom is 1.00 e. The molecule has 1 amide bonds. The second kappa shape index (κ2) is 10.9. The van der Waals surface area contributed by atoms with E-state index in [1.54, 1.807) is 29.2 Å². The number of benzene rings is 1. The zero-order chi connectivity index (χ0) is 21.8. The summed E-state index contributed by atoms with van der Waals surface area (Å²) in [6.45, 7) is 4.30. The molecular formula is C22H24N5NaO4. The third-order valence-electron chi connectivity index (χ3n) is 5.42. The summed E-state index contributed by atoms with van der Waals surface area (Å²) in [5.74, 6) is -1.50. The van der Waals surface area contributed by atoms with E-state index in [0.29, 0.717) is 25.3 Å². The van der Waals surface area contributed by atoms with E-state index in [1.807, 2.05) is 6.92 Å². The first-order chi connectivity index (χ1) is 15.1. The summed E-state index contributed by atoms with van der Waals surface area (Å²) in [7, 11) is 0. The summed E-state index contributed by atoms with van der Waals surface area (Å²) in [6, 6.07) is 6.43. The van der Waals surface area contributed by atoms with Crippen molar-refractivity contribution in [3.8, 4) is 0 Å². The zero-order valence-electron chi connectivity index (χ0n) is 18.3. The largest absolute Gasteiger partial charge is 1.00 e. The number of pyridine rings is 1. The Morgan fingerprint density at radius 1 is 1.19 bits per heavy atom. The van der Waals surface area contributed by atoms with E-state index in [0.717, 1.165) is 35.1 Å². The minimum Gasteiger partial charge on any atom is -0.545 e. The first-order valence-corrected chi connectivity index (χ1v) is 10.3. The number of carboxylic acids is 1. The molecule has 32 heavy (non-hydrogen) atoms. The van der Waals surface area contributed by atoms with Crippen LogP contribution in [0.5, 0.6) is 0 Å². The van der Waals surface area contributed by atoms with Crippen molar-refractivity contribution in [2.45, 2.75) is 38.9 Å². The van der Waals surface area contributed by atoms with Crippen LogP contribution < -0.4 is 45.3 Å². The Balaban J connectivity index is 0.00000289. The number of carbonyl (C=O) groups excluding carboxylic acids is 2. The van der Waals surface area contributed by atoms with Gasteiger partial charge in [-0.15, -0.1) is 0 Å². The quantitative estimate of drug-likeness (QED) is 0.418. The molecule has 0 atom stereocenters. The SMILES string of the molecule is CCn1ncc2c(NC3CCOCC3)c(C(=O)NCc3ccc(C(=O)[O-])cc3)cnc21.[Na+]. The van der Waals surface area contributed by atoms with Gasteiger partial charge in [0.15, 0.2) is 5.65 Å². The van der Waals surface area contributed by atoms with Gasteiger partial charge in [-0.3, -0.25) is 4.79 Å². The fraction of sp³-hybridized carbons (Fsp3) is 0.364. The number of aromatic carboxylic acids is 1. The molecule has 2 N–H and O–H groups in total. The van der Waals surface area contributed by atoms with Crippen molar-refractivity contribution in [2.75, 3.05) is 18.5 Å². The molecule has 162 valence electrons. The molecule has 10 heteroatoms. The van der Waals surface area contributed by atoms with E-state index < -0.39 is 5.97 Å². The standard InChI is InChI=1S/C22H25N5O4.Na/c1-2-27-20-17(13-25-27)19(26-16-7-9-31-10-8-16)18(12-23-20)21(28)24-11-14-3-5-15(6-4-14)22(29)30;/h3-6,12-13,16H,2,7-11H2,1H3,(H,23,26)(H,24,28)(H,29,30);/q;+1/p-1. The topological polar surface area (TPSA) is 121 Å². The molecule has 0 saturated carbocycles. The van der Waals surface area contributed by atoms with Crippen molar-refractivity contribution >= 4 is 28.6 Å². The summed E-state index contributed by atoms with van der Waals surface area (Å²) < 4.78 is 7.24. The van der Waals surface area contributed by atoms with Gasteiger partial charge in [-0.25, -0.2) is 9.67 Å². The second-order valence-electron chi connectivity index (χ2n) is 7.44. The number of rotatable bonds is 7. The Bertz CT molecular complexity index is 1090. The minimum absolute atomic E-state index is 0. The van der Waals surface area contributed by atoms with Crippen LogP contribution in [0.25, 0.3) is 11.0 Å². The van der Waals surface area contributed by atoms with Gasteiger partial charge in [0, 0.05) is 38.5 Å². The molecule has 1 aliphatic heterocycles. The molecule has 4 rings (SSSR count). The van der Waals surface area contributed by atoms with Crippen LogP contribution >= 0.6 is 0 Å². The molecule has 2 aromatic heterocycles. The number of hydrogen-bond acceptors (Lipinski definition) is 7. The maximum absolute atomic E-state index is 13.0. The summed E-state index contributed by atoms with van der Waals surface area (Å²) in [6.07, 6.45) is 5.03. The van der Waals surface area contributed by atoms with Crippen molar-refractivity contribution in [3.05, 3.63) is 53.3 Å². The van der Waals surface area contributed by atoms with Crippen LogP contribution in [-0.2, 0) is 17.8 Å². The van der Waals surface area contributed by atoms with Gasteiger partial charge in [0.05, 0.1) is 28.8 Å². The number of anilines is 1. The van der Waals surface area contributed by atoms with Crippen molar-refractivity contribution in [3.63, 3.8) is 0 Å². The number of ether oxygens (including phenoxy) is 1. The van der Waals surface area contributed by atoms with Gasteiger partial charge < -0.3 is 25.3 Å². The van der Waals surface area contributed by atoms with Crippen LogP contribution in [-0.4, -0.2) is 45.9 Å². The van der Waals surface area contributed by atoms with Crippen LogP contribution in [0.15, 0.2) is 36.7 Å². The predicted octanol–water partition coefficient (Wildman–Crippen LogP) is -1.66. The Hall–Kier alpha value is -2.46. The number of hydrogen-bond donors (Lipinski definition) is 2. The van der Waals surface area contributed by atoms with E-state index in [-0.39, 0.29) is 53.6 Å². The van der Waals surface area contributed by atoms with E-state index >= 15 is 0 Å². The van der Waals surface area contributed by atoms with Gasteiger partial charge >= 0.3 is 29.6 Å². The van der Waals surface area contributed by atoms with Gasteiger partial charge in [-0.2, -0.15) is 5.10 Å². The molecule has 0 radical (unpaired) electrons. The normalized spacial score (nSPS) is 14.0. The van der Waals surface area contributed by atoms with Gasteiger partial charge in [-0.1, -0.05) is 24.3 Å². The maximum atomic E-state index is 13.0. The first-order valence-electron chi connectivity index (χ1n) is 10.3. The Morgan fingerprint density at radius 3 is 2.56 bits per heavy atom. The average molecular weight is 445 g/mol. The van der Waals surface area contributed by atoms with Crippen molar-refractivity contribution in [1.29, 1.82) is 0 Å². The van der Waals surface area contributed by atoms with E-state index in [2.05, 4.69) is 20.7 Å². The number of nitrogens with one attached hydrogen (secondary N) is 2. The van der Waals surface area contributed by atoms with E-state index in [9.17, 15) is 14.7 Å². The molecule has 9 nitrogen and oxygen atoms in total.